The second-order valence-corrected chi connectivity index (χ2v) is 32.2. The van der Waals surface area contributed by atoms with E-state index in [-0.39, 0.29) is 78.8 Å². The summed E-state index contributed by atoms with van der Waals surface area (Å²) in [6.07, 6.45) is 1.17. The van der Waals surface area contributed by atoms with E-state index < -0.39 is 48.3 Å². The molecule has 558 valence electrons. The van der Waals surface area contributed by atoms with E-state index in [0.717, 1.165) is 63.2 Å². The van der Waals surface area contributed by atoms with Gasteiger partial charge in [-0.15, -0.1) is 0 Å². The molecular formula is C84H110N8O12. The van der Waals surface area contributed by atoms with Gasteiger partial charge >= 0.3 is 0 Å². The number of anilines is 2. The lowest BCUT2D eigenvalue weighted by molar-refractivity contribution is -0.183. The first-order valence-electron chi connectivity index (χ1n) is 37.4. The van der Waals surface area contributed by atoms with E-state index in [1.54, 1.807) is 43.1 Å². The maximum atomic E-state index is 14.7. The van der Waals surface area contributed by atoms with Gasteiger partial charge in [-0.05, 0) is 157 Å². The van der Waals surface area contributed by atoms with Crippen LogP contribution in [-0.4, -0.2) is 170 Å². The highest BCUT2D eigenvalue weighted by Crippen LogP contribution is 2.62. The molecule has 8 fully saturated rings. The zero-order valence-electron chi connectivity index (χ0n) is 63.1. The normalized spacial score (nSPS) is 27.2. The SMILES string of the molecule is COc1c(CN2O[C@@H](CO)C(C(C)O)[C@H]2C(=O)N[C@H]2C[C@H]3C[C@@H]([C@@H]2C)C3(C)C)cccc1-c1cc(C(=O)NCc2ccccc2)cc(N(C)Cc2ccc(CCN(C)C(=O)c3cc(-c4cccc(CN5O[C@@H](CO)[C@H]([C@H](C)O)[C@H]5C(=O)N[C@H]5C[C@H]6C[C@@H]([C@@H]5C)C6(C)C)c4OC)cc(N(C)C)c3)cc2)c1. The van der Waals surface area contributed by atoms with Gasteiger partial charge in [-0.3, -0.25) is 28.9 Å². The Kier molecular flexibility index (Phi) is 22.8. The summed E-state index contributed by atoms with van der Waals surface area (Å²) < 4.78 is 12.5. The van der Waals surface area contributed by atoms with Gasteiger partial charge in [0, 0.05) is 116 Å². The van der Waals surface area contributed by atoms with Crippen molar-refractivity contribution in [2.45, 2.75) is 162 Å². The number of amides is 4. The summed E-state index contributed by atoms with van der Waals surface area (Å²) in [6, 6.07) is 39.4. The van der Waals surface area contributed by atoms with Gasteiger partial charge in [-0.1, -0.05) is 133 Å². The predicted octanol–water partition coefficient (Wildman–Crippen LogP) is 10.3. The van der Waals surface area contributed by atoms with Crippen LogP contribution in [0.4, 0.5) is 11.4 Å². The highest BCUT2D eigenvalue weighted by Gasteiger charge is 2.59. The molecule has 20 heteroatoms. The number of nitrogens with one attached hydrogen (secondary N) is 3. The minimum Gasteiger partial charge on any atom is -0.496 e. The van der Waals surface area contributed by atoms with Crippen molar-refractivity contribution in [1.29, 1.82) is 0 Å². The lowest BCUT2D eigenvalue weighted by Gasteiger charge is -2.62. The van der Waals surface area contributed by atoms with Crippen molar-refractivity contribution in [2.75, 3.05) is 72.0 Å². The largest absolute Gasteiger partial charge is 0.496 e. The summed E-state index contributed by atoms with van der Waals surface area (Å²) in [5.74, 6) is 1.42. The molecule has 2 saturated heterocycles. The third kappa shape index (κ3) is 15.1. The average molecular weight is 1420 g/mol. The number of aliphatic hydroxyl groups excluding tert-OH is 4. The minimum absolute atomic E-state index is 0.00716. The Labute approximate surface area is 614 Å². The molecule has 4 amide bonds. The summed E-state index contributed by atoms with van der Waals surface area (Å²) >= 11 is 0. The molecule has 2 heterocycles. The molecule has 6 saturated carbocycles. The standard InChI is InChI=1S/C84H110N8O12/c1-48-67-38-61(83(67,5)6)40-69(48)86-80(98)75-73(50(3)95)71(46-93)103-91(75)44-55-22-18-24-65(77(55)101-13)57-32-59(79(97)85-42-53-20-16-15-17-21-53)36-64(35-57)90(12)43-54-28-26-52(27-29-54)30-31-89(11)82(100)60-33-58(34-63(37-60)88(9)10)66-25-19-23-56(78(66)102-14)45-92-76(74(51(4)96)72(47-94)104-92)81(99)87-70-41-62-39-68(49(70)2)84(62,7)8/h15-29,32-37,48-51,61-62,67-76,93-96H,30-31,38-47H2,1-14H3,(H,85,97)(H,86,98)(H,87,99)/t48-,49-,50?,51-,61+,62+,67-,68-,69-,70-,71-,72-,73?,74-,75-,76-/m0/s1. The Morgan fingerprint density at radius 1 is 0.587 bits per heavy atom. The molecule has 16 atom stereocenters. The van der Waals surface area contributed by atoms with E-state index in [2.05, 4.69) is 86.7 Å². The smallest absolute Gasteiger partial charge is 0.253 e. The van der Waals surface area contributed by atoms with E-state index >= 15 is 0 Å². The number of para-hydroxylation sites is 2. The quantitative estimate of drug-likeness (QED) is 0.0254. The van der Waals surface area contributed by atoms with Gasteiger partial charge in [0.25, 0.3) is 11.8 Å². The number of likely N-dealkylation sites (N-methyl/N-ethyl adjacent to an activating group) is 1. The van der Waals surface area contributed by atoms with Crippen LogP contribution in [0.2, 0.25) is 0 Å². The summed E-state index contributed by atoms with van der Waals surface area (Å²) in [6.45, 7) is 17.8. The predicted molar refractivity (Wildman–Crippen MR) is 403 cm³/mol. The van der Waals surface area contributed by atoms with Gasteiger partial charge in [-0.25, -0.2) is 0 Å². The number of carbonyl (C=O) groups excluding carboxylic acids is 4. The molecule has 6 aromatic rings. The third-order valence-electron chi connectivity index (χ3n) is 25.1. The highest BCUT2D eigenvalue weighted by atomic mass is 16.7. The van der Waals surface area contributed by atoms with Crippen LogP contribution in [0.15, 0.2) is 127 Å². The highest BCUT2D eigenvalue weighted by molar-refractivity contribution is 5.98. The van der Waals surface area contributed by atoms with Gasteiger partial charge in [0.15, 0.2) is 0 Å². The van der Waals surface area contributed by atoms with Crippen molar-refractivity contribution in [1.82, 2.24) is 31.0 Å². The maximum absolute atomic E-state index is 14.7. The number of methoxy groups -OCH3 is 2. The summed E-state index contributed by atoms with van der Waals surface area (Å²) in [5.41, 5.74) is 10.4. The fourth-order valence-corrected chi connectivity index (χ4v) is 18.6. The van der Waals surface area contributed by atoms with Crippen molar-refractivity contribution in [3.63, 3.8) is 0 Å². The topological polar surface area (TPSA) is 238 Å². The minimum atomic E-state index is -0.962. The zero-order chi connectivity index (χ0) is 74.4. The second kappa shape index (κ2) is 31.3. The van der Waals surface area contributed by atoms with Crippen molar-refractivity contribution < 1.29 is 58.8 Å². The van der Waals surface area contributed by atoms with E-state index in [9.17, 15) is 39.6 Å². The number of ether oxygens (including phenoxy) is 2. The van der Waals surface area contributed by atoms with E-state index in [0.29, 0.717) is 89.4 Å². The Hall–Kier alpha value is -7.92. The van der Waals surface area contributed by atoms with E-state index in [1.807, 2.05) is 136 Å². The van der Waals surface area contributed by atoms with Crippen molar-refractivity contribution in [3.05, 3.63) is 166 Å². The summed E-state index contributed by atoms with van der Waals surface area (Å²) in [7, 11) is 10.9. The Bertz CT molecular complexity index is 4050. The number of carbonyl (C=O) groups is 4. The molecular weight excluding hydrogens is 1310 g/mol. The molecule has 2 unspecified atom stereocenters. The number of hydroxylamine groups is 4. The molecule has 2 aliphatic heterocycles. The van der Waals surface area contributed by atoms with Crippen LogP contribution < -0.4 is 35.2 Å². The number of nitrogens with zero attached hydrogens (tertiary/aromatic N) is 5. The first-order valence-corrected chi connectivity index (χ1v) is 37.4. The Balaban J connectivity index is 0.738. The fourth-order valence-electron chi connectivity index (χ4n) is 18.6. The van der Waals surface area contributed by atoms with Crippen LogP contribution in [0.25, 0.3) is 22.3 Å². The van der Waals surface area contributed by atoms with Crippen LogP contribution >= 0.6 is 0 Å². The molecule has 6 aliphatic carbocycles. The van der Waals surface area contributed by atoms with E-state index in [4.69, 9.17) is 19.1 Å². The Morgan fingerprint density at radius 2 is 1.06 bits per heavy atom. The molecule has 0 radical (unpaired) electrons. The maximum Gasteiger partial charge on any atom is 0.253 e. The van der Waals surface area contributed by atoms with Crippen molar-refractivity contribution in [2.24, 2.45) is 58.2 Å². The van der Waals surface area contributed by atoms with Gasteiger partial charge in [0.05, 0.1) is 52.7 Å². The number of hydrogen-bond donors (Lipinski definition) is 7. The molecule has 104 heavy (non-hydrogen) atoms. The summed E-state index contributed by atoms with van der Waals surface area (Å²) in [4.78, 5) is 76.8. The number of aliphatic hydroxyl groups is 4. The van der Waals surface area contributed by atoms with Gasteiger partial charge in [0.1, 0.15) is 35.8 Å². The third-order valence-corrected chi connectivity index (χ3v) is 25.1. The average Bonchev–Trinajstić information content (AvgIpc) is 1.05. The van der Waals surface area contributed by atoms with Crippen LogP contribution in [-0.2, 0) is 51.9 Å². The lowest BCUT2D eigenvalue weighted by atomic mass is 9.45. The lowest BCUT2D eigenvalue weighted by Crippen LogP contribution is -2.62. The monoisotopic (exact) mass is 1420 g/mol. The van der Waals surface area contributed by atoms with E-state index in [1.165, 1.54) is 12.8 Å². The molecule has 6 aromatic carbocycles. The summed E-state index contributed by atoms with van der Waals surface area (Å²) in [5, 5.41) is 56.7. The molecule has 8 aliphatic rings. The first-order chi connectivity index (χ1) is 49.6. The van der Waals surface area contributed by atoms with Crippen LogP contribution in [0.1, 0.15) is 130 Å². The molecule has 4 bridgehead atoms. The van der Waals surface area contributed by atoms with Crippen molar-refractivity contribution in [3.8, 4) is 33.8 Å². The molecule has 7 N–H and O–H groups in total. The second-order valence-electron chi connectivity index (χ2n) is 32.2. The zero-order valence-corrected chi connectivity index (χ0v) is 63.1. The number of fused-ring (bicyclic) bond motifs is 4. The first kappa shape index (κ1) is 75.8. The number of hydrogen-bond acceptors (Lipinski definition) is 16. The molecule has 20 nitrogen and oxygen atoms in total. The molecule has 0 spiro atoms. The number of rotatable bonds is 27. The van der Waals surface area contributed by atoms with Crippen molar-refractivity contribution >= 4 is 35.0 Å². The number of benzene rings is 6. The van der Waals surface area contributed by atoms with Crippen LogP contribution in [0, 0.1) is 58.2 Å². The van der Waals surface area contributed by atoms with Crippen LogP contribution in [0.5, 0.6) is 11.5 Å². The van der Waals surface area contributed by atoms with Crippen LogP contribution in [0.3, 0.4) is 0 Å². The molecule has 0 aromatic heterocycles. The fraction of sp³-hybridized carbons (Fsp3) is 0.524. The molecule has 14 rings (SSSR count). The Morgan fingerprint density at radius 3 is 1.51 bits per heavy atom. The van der Waals surface area contributed by atoms with Gasteiger partial charge in [-0.2, -0.15) is 10.1 Å². The van der Waals surface area contributed by atoms with Gasteiger partial charge < -0.3 is 60.5 Å². The van der Waals surface area contributed by atoms with Gasteiger partial charge in [0.2, 0.25) is 11.8 Å².